The van der Waals surface area contributed by atoms with Crippen molar-refractivity contribution >= 4 is 17.6 Å². The van der Waals surface area contributed by atoms with Crippen molar-refractivity contribution in [3.63, 3.8) is 0 Å². The number of benzene rings is 2. The molecular formula is C22H23N3O2. The molecule has 5 heteroatoms. The molecule has 0 spiro atoms. The molecule has 0 amide bonds. The minimum Gasteiger partial charge on any atom is -0.318 e. The van der Waals surface area contributed by atoms with Gasteiger partial charge >= 0.3 is 0 Å². The zero-order valence-corrected chi connectivity index (χ0v) is 16.1. The van der Waals surface area contributed by atoms with E-state index in [-0.39, 0.29) is 10.6 Å². The first-order valence-corrected chi connectivity index (χ1v) is 8.98. The van der Waals surface area contributed by atoms with E-state index in [0.717, 1.165) is 23.4 Å². The topological polar surface area (TPSA) is 60.4 Å². The lowest BCUT2D eigenvalue weighted by molar-refractivity contribution is -0.385. The normalized spacial score (nSPS) is 11.3. The Bertz CT molecular complexity index is 1030. The van der Waals surface area contributed by atoms with Crippen molar-refractivity contribution in [2.75, 3.05) is 0 Å². The lowest BCUT2D eigenvalue weighted by Gasteiger charge is -2.13. The summed E-state index contributed by atoms with van der Waals surface area (Å²) in [7, 11) is 0. The minimum absolute atomic E-state index is 0.0898. The monoisotopic (exact) mass is 361 g/mol. The first-order valence-electron chi connectivity index (χ1n) is 8.98. The Labute approximate surface area is 159 Å². The van der Waals surface area contributed by atoms with Crippen molar-refractivity contribution in [3.8, 4) is 5.69 Å². The van der Waals surface area contributed by atoms with Gasteiger partial charge in [0.1, 0.15) is 0 Å². The Balaban J connectivity index is 1.99. The zero-order chi connectivity index (χ0) is 19.6. The van der Waals surface area contributed by atoms with Crippen molar-refractivity contribution in [3.05, 3.63) is 86.7 Å². The number of aryl methyl sites for hydroxylation is 3. The van der Waals surface area contributed by atoms with Crippen molar-refractivity contribution in [1.82, 2.24) is 4.57 Å². The van der Waals surface area contributed by atoms with E-state index in [4.69, 9.17) is 0 Å². The highest BCUT2D eigenvalue weighted by Gasteiger charge is 2.13. The van der Waals surface area contributed by atoms with E-state index in [2.05, 4.69) is 54.6 Å². The van der Waals surface area contributed by atoms with Crippen LogP contribution in [0.3, 0.4) is 0 Å². The molecule has 0 N–H and O–H groups in total. The van der Waals surface area contributed by atoms with E-state index in [1.807, 2.05) is 6.07 Å². The van der Waals surface area contributed by atoms with Crippen LogP contribution in [0.2, 0.25) is 0 Å². The third-order valence-corrected chi connectivity index (χ3v) is 4.83. The third kappa shape index (κ3) is 3.67. The fourth-order valence-corrected chi connectivity index (χ4v) is 3.34. The molecule has 3 rings (SSSR count). The van der Waals surface area contributed by atoms with Gasteiger partial charge in [-0.1, -0.05) is 31.2 Å². The highest BCUT2D eigenvalue weighted by Crippen LogP contribution is 2.26. The summed E-state index contributed by atoms with van der Waals surface area (Å²) in [5.41, 5.74) is 6.99. The number of hydrogen-bond donors (Lipinski definition) is 0. The minimum atomic E-state index is -0.373. The number of aromatic nitrogens is 1. The van der Waals surface area contributed by atoms with Gasteiger partial charge in [-0.15, -0.1) is 0 Å². The Morgan fingerprint density at radius 2 is 1.85 bits per heavy atom. The van der Waals surface area contributed by atoms with Gasteiger partial charge in [0.2, 0.25) is 0 Å². The molecule has 0 aliphatic heterocycles. The molecule has 0 bridgehead atoms. The van der Waals surface area contributed by atoms with Crippen LogP contribution < -0.4 is 0 Å². The number of hydrogen-bond acceptors (Lipinski definition) is 3. The molecule has 1 aromatic heterocycles. The number of aliphatic imine (C=N–C) groups is 1. The van der Waals surface area contributed by atoms with Crippen molar-refractivity contribution in [2.45, 2.75) is 34.1 Å². The Kier molecular flexibility index (Phi) is 5.21. The summed E-state index contributed by atoms with van der Waals surface area (Å²) in [6.45, 7) is 8.02. The van der Waals surface area contributed by atoms with Gasteiger partial charge in [-0.25, -0.2) is 0 Å². The number of nitrogens with zero attached hydrogens (tertiary/aromatic N) is 3. The molecular weight excluding hydrogens is 338 g/mol. The molecule has 5 nitrogen and oxygen atoms in total. The van der Waals surface area contributed by atoms with Gasteiger partial charge in [0.15, 0.2) is 0 Å². The van der Waals surface area contributed by atoms with Crippen LogP contribution in [0.15, 0.2) is 53.5 Å². The molecule has 0 fully saturated rings. The number of para-hydroxylation sites is 1. The van der Waals surface area contributed by atoms with Gasteiger partial charge < -0.3 is 4.57 Å². The number of nitro benzene ring substituents is 1. The summed E-state index contributed by atoms with van der Waals surface area (Å²) >= 11 is 0. The summed E-state index contributed by atoms with van der Waals surface area (Å²) in [5, 5.41) is 11.1. The van der Waals surface area contributed by atoms with Gasteiger partial charge in [-0.3, -0.25) is 15.1 Å². The predicted octanol–water partition coefficient (Wildman–Crippen LogP) is 5.62. The quantitative estimate of drug-likeness (QED) is 0.336. The highest BCUT2D eigenvalue weighted by atomic mass is 16.6. The maximum absolute atomic E-state index is 11.1. The number of nitro groups is 1. The van der Waals surface area contributed by atoms with E-state index in [9.17, 15) is 10.1 Å². The molecule has 0 aliphatic carbocycles. The highest BCUT2D eigenvalue weighted by molar-refractivity contribution is 5.84. The van der Waals surface area contributed by atoms with Crippen LogP contribution in [0, 0.1) is 30.9 Å². The van der Waals surface area contributed by atoms with E-state index in [0.29, 0.717) is 11.3 Å². The van der Waals surface area contributed by atoms with Gasteiger partial charge in [-0.05, 0) is 51.0 Å². The molecule has 0 saturated carbocycles. The van der Waals surface area contributed by atoms with Crippen LogP contribution >= 0.6 is 0 Å². The SMILES string of the molecule is CCc1ccccc1-n1c(C)cc(C=Nc2ccc(C)c([N+](=O)[O-])c2)c1C. The second-order valence-electron chi connectivity index (χ2n) is 6.63. The van der Waals surface area contributed by atoms with E-state index in [1.54, 1.807) is 25.3 Å². The summed E-state index contributed by atoms with van der Waals surface area (Å²) in [5.74, 6) is 0. The summed E-state index contributed by atoms with van der Waals surface area (Å²) in [6.07, 6.45) is 2.74. The lowest BCUT2D eigenvalue weighted by Crippen LogP contribution is -2.03. The Hall–Kier alpha value is -3.21. The van der Waals surface area contributed by atoms with Gasteiger partial charge in [-0.2, -0.15) is 0 Å². The maximum Gasteiger partial charge on any atom is 0.274 e. The van der Waals surface area contributed by atoms with Crippen molar-refractivity contribution < 1.29 is 4.92 Å². The first-order chi connectivity index (χ1) is 12.9. The third-order valence-electron chi connectivity index (χ3n) is 4.83. The Morgan fingerprint density at radius 1 is 1.11 bits per heavy atom. The second-order valence-corrected chi connectivity index (χ2v) is 6.63. The molecule has 0 atom stereocenters. The molecule has 27 heavy (non-hydrogen) atoms. The molecule has 2 aromatic carbocycles. The van der Waals surface area contributed by atoms with Crippen LogP contribution in [0.5, 0.6) is 0 Å². The van der Waals surface area contributed by atoms with Crippen molar-refractivity contribution in [1.29, 1.82) is 0 Å². The van der Waals surface area contributed by atoms with Crippen LogP contribution in [0.25, 0.3) is 5.69 Å². The van der Waals surface area contributed by atoms with E-state index in [1.165, 1.54) is 17.3 Å². The average molecular weight is 361 g/mol. The van der Waals surface area contributed by atoms with Crippen LogP contribution in [0.1, 0.15) is 35.0 Å². The average Bonchev–Trinajstić information content (AvgIpc) is 2.94. The molecule has 0 aliphatic rings. The molecule has 1 heterocycles. The maximum atomic E-state index is 11.1. The molecule has 0 unspecified atom stereocenters. The lowest BCUT2D eigenvalue weighted by atomic mass is 10.1. The second kappa shape index (κ2) is 7.58. The molecule has 0 saturated heterocycles. The smallest absolute Gasteiger partial charge is 0.274 e. The van der Waals surface area contributed by atoms with E-state index < -0.39 is 0 Å². The van der Waals surface area contributed by atoms with Gasteiger partial charge in [0.05, 0.1) is 10.6 Å². The van der Waals surface area contributed by atoms with Gasteiger partial charge in [0.25, 0.3) is 5.69 Å². The summed E-state index contributed by atoms with van der Waals surface area (Å²) in [6, 6.07) is 15.5. The molecule has 0 radical (unpaired) electrons. The largest absolute Gasteiger partial charge is 0.318 e. The zero-order valence-electron chi connectivity index (χ0n) is 16.1. The Morgan fingerprint density at radius 3 is 2.56 bits per heavy atom. The van der Waals surface area contributed by atoms with E-state index >= 15 is 0 Å². The summed E-state index contributed by atoms with van der Waals surface area (Å²) in [4.78, 5) is 15.2. The van der Waals surface area contributed by atoms with Crippen LogP contribution in [0.4, 0.5) is 11.4 Å². The van der Waals surface area contributed by atoms with Crippen molar-refractivity contribution in [2.24, 2.45) is 4.99 Å². The van der Waals surface area contributed by atoms with Crippen LogP contribution in [-0.2, 0) is 6.42 Å². The standard InChI is InChI=1S/C22H23N3O2/c1-5-18-8-6-7-9-21(18)24-16(3)12-19(17(24)4)14-23-20-11-10-15(2)22(13-20)25(26)27/h6-14H,5H2,1-4H3. The summed E-state index contributed by atoms with van der Waals surface area (Å²) < 4.78 is 2.23. The molecule has 3 aromatic rings. The number of rotatable bonds is 5. The van der Waals surface area contributed by atoms with Crippen LogP contribution in [-0.4, -0.2) is 15.7 Å². The molecule has 138 valence electrons. The fourth-order valence-electron chi connectivity index (χ4n) is 3.34. The van der Waals surface area contributed by atoms with Gasteiger partial charge in [0, 0.05) is 40.5 Å². The first kappa shape index (κ1) is 18.6. The predicted molar refractivity (Wildman–Crippen MR) is 110 cm³/mol. The fraction of sp³-hybridized carbons (Fsp3) is 0.227.